The van der Waals surface area contributed by atoms with Gasteiger partial charge in [0.25, 0.3) is 11.8 Å². The van der Waals surface area contributed by atoms with Crippen LogP contribution in [-0.2, 0) is 39.5 Å². The number of rotatable bonds is 8. The molecule has 5 aromatic rings. The van der Waals surface area contributed by atoms with E-state index < -0.39 is 8.32 Å². The molecule has 0 bridgehead atoms. The third kappa shape index (κ3) is 7.24. The molecule has 0 saturated heterocycles. The van der Waals surface area contributed by atoms with Crippen molar-refractivity contribution in [2.45, 2.75) is 105 Å². The molecular formula is C47H56N6O3Si. The van der Waals surface area contributed by atoms with Gasteiger partial charge in [-0.3, -0.25) is 14.5 Å². The molecule has 2 aliphatic heterocycles. The second kappa shape index (κ2) is 15.2. The second-order valence-electron chi connectivity index (χ2n) is 17.3. The van der Waals surface area contributed by atoms with Crippen LogP contribution in [0.15, 0.2) is 72.8 Å². The highest BCUT2D eigenvalue weighted by Crippen LogP contribution is 2.40. The van der Waals surface area contributed by atoms with Crippen LogP contribution in [0.4, 0.5) is 11.4 Å². The van der Waals surface area contributed by atoms with Crippen molar-refractivity contribution in [2.75, 3.05) is 11.4 Å². The monoisotopic (exact) mass is 780 g/mol. The van der Waals surface area contributed by atoms with Crippen molar-refractivity contribution in [2.24, 2.45) is 7.05 Å². The van der Waals surface area contributed by atoms with E-state index in [1.54, 1.807) is 4.90 Å². The van der Waals surface area contributed by atoms with Gasteiger partial charge in [0.1, 0.15) is 17.5 Å². The Kier molecular flexibility index (Phi) is 10.6. The van der Waals surface area contributed by atoms with Gasteiger partial charge in [-0.2, -0.15) is 5.26 Å². The SMILES string of the molecule is CCn1c(C#N)cc(N(C(=O)c2cc(-c3cc4c(cc3C(=O)N3Cc5ccccc5C[C@H]3C)CNCC4)n(C)c2C)c2ccc(O[Si](C)(C)C(C)(C)C)cc2)c1C. The van der Waals surface area contributed by atoms with Crippen LogP contribution in [0.25, 0.3) is 11.3 Å². The lowest BCUT2D eigenvalue weighted by molar-refractivity contribution is 0.0658. The first-order chi connectivity index (χ1) is 27.0. The Morgan fingerprint density at radius 1 is 0.947 bits per heavy atom. The van der Waals surface area contributed by atoms with E-state index in [-0.39, 0.29) is 22.9 Å². The van der Waals surface area contributed by atoms with Crippen molar-refractivity contribution < 1.29 is 14.0 Å². The molecule has 0 unspecified atom stereocenters. The molecule has 9 nitrogen and oxygen atoms in total. The van der Waals surface area contributed by atoms with Crippen LogP contribution in [0.1, 0.15) is 94.7 Å². The number of carbonyl (C=O) groups excluding carboxylic acids is 2. The Bertz CT molecular complexity index is 2410. The Labute approximate surface area is 339 Å². The highest BCUT2D eigenvalue weighted by Gasteiger charge is 2.39. The maximum Gasteiger partial charge on any atom is 0.264 e. The summed E-state index contributed by atoms with van der Waals surface area (Å²) in [5.74, 6) is 0.543. The summed E-state index contributed by atoms with van der Waals surface area (Å²) in [7, 11) is -0.129. The van der Waals surface area contributed by atoms with Gasteiger partial charge in [0.15, 0.2) is 0 Å². The molecule has 4 heterocycles. The minimum Gasteiger partial charge on any atom is -0.544 e. The molecule has 1 atom stereocenters. The molecule has 10 heteroatoms. The molecule has 296 valence electrons. The van der Waals surface area contributed by atoms with E-state index in [0.717, 1.165) is 53.3 Å². The normalized spacial score (nSPS) is 15.5. The summed E-state index contributed by atoms with van der Waals surface area (Å²) in [6.07, 6.45) is 1.66. The van der Waals surface area contributed by atoms with Gasteiger partial charge < -0.3 is 23.8 Å². The number of nitrogens with zero attached hydrogens (tertiary/aromatic N) is 5. The van der Waals surface area contributed by atoms with E-state index >= 15 is 4.79 Å². The maximum absolute atomic E-state index is 15.2. The topological polar surface area (TPSA) is 95.5 Å². The molecular weight excluding hydrogens is 725 g/mol. The van der Waals surface area contributed by atoms with Gasteiger partial charge in [-0.1, -0.05) is 45.0 Å². The lowest BCUT2D eigenvalue weighted by atomic mass is 9.90. The predicted molar refractivity (Wildman–Crippen MR) is 231 cm³/mol. The molecule has 57 heavy (non-hydrogen) atoms. The van der Waals surface area contributed by atoms with E-state index in [9.17, 15) is 10.1 Å². The highest BCUT2D eigenvalue weighted by molar-refractivity contribution is 6.74. The van der Waals surface area contributed by atoms with E-state index in [0.29, 0.717) is 47.8 Å². The molecule has 0 aliphatic carbocycles. The number of fused-ring (bicyclic) bond motifs is 2. The number of carbonyl (C=O) groups is 2. The molecule has 0 radical (unpaired) electrons. The molecule has 1 N–H and O–H groups in total. The van der Waals surface area contributed by atoms with Crippen LogP contribution in [0.2, 0.25) is 18.1 Å². The Balaban J connectivity index is 1.33. The van der Waals surface area contributed by atoms with Gasteiger partial charge in [-0.05, 0) is 136 Å². The van der Waals surface area contributed by atoms with Gasteiger partial charge >= 0.3 is 0 Å². The summed E-state index contributed by atoms with van der Waals surface area (Å²) in [6, 6.07) is 26.5. The second-order valence-corrected chi connectivity index (χ2v) is 22.0. The number of benzene rings is 3. The van der Waals surface area contributed by atoms with Gasteiger partial charge in [-0.25, -0.2) is 0 Å². The fourth-order valence-corrected chi connectivity index (χ4v) is 9.19. The van der Waals surface area contributed by atoms with Crippen LogP contribution >= 0.6 is 0 Å². The summed E-state index contributed by atoms with van der Waals surface area (Å²) < 4.78 is 10.6. The summed E-state index contributed by atoms with van der Waals surface area (Å²) in [5, 5.41) is 13.6. The summed E-state index contributed by atoms with van der Waals surface area (Å²) >= 11 is 0. The zero-order valence-electron chi connectivity index (χ0n) is 35.2. The fourth-order valence-electron chi connectivity index (χ4n) is 8.16. The standard InChI is InChI=1S/C47H56N6O3Si/c1-11-51-32(4)43(25-38(51)27-48)53(37-16-18-39(19-17-37)56-57(9,10)47(5,6)7)46(55)40-26-44(50(8)31(40)3)41-23-34-20-21-49-28-36(34)24-42(41)45(54)52-29-35-15-13-12-14-33(35)22-30(52)2/h12-19,23-26,30,49H,11,20-22,28-29H2,1-10H3/t30-/m1/s1. The van der Waals surface area contributed by atoms with Crippen LogP contribution in [0.5, 0.6) is 5.75 Å². The molecule has 0 fully saturated rings. The molecule has 2 aromatic heterocycles. The molecule has 7 rings (SSSR count). The van der Waals surface area contributed by atoms with Crippen LogP contribution < -0.4 is 14.6 Å². The third-order valence-electron chi connectivity index (χ3n) is 12.8. The van der Waals surface area contributed by atoms with Crippen molar-refractivity contribution >= 4 is 31.5 Å². The Morgan fingerprint density at radius 2 is 1.65 bits per heavy atom. The van der Waals surface area contributed by atoms with Crippen molar-refractivity contribution in [3.05, 3.63) is 123 Å². The maximum atomic E-state index is 15.2. The Morgan fingerprint density at radius 3 is 2.30 bits per heavy atom. The first kappa shape index (κ1) is 39.8. The highest BCUT2D eigenvalue weighted by atomic mass is 28.4. The van der Waals surface area contributed by atoms with Crippen molar-refractivity contribution in [1.82, 2.24) is 19.4 Å². The predicted octanol–water partition coefficient (Wildman–Crippen LogP) is 9.60. The molecule has 3 aromatic carbocycles. The summed E-state index contributed by atoms with van der Waals surface area (Å²) in [6.45, 7) is 21.9. The third-order valence-corrected chi connectivity index (χ3v) is 17.1. The number of hydrogen-bond donors (Lipinski definition) is 1. The number of amides is 2. The summed E-state index contributed by atoms with van der Waals surface area (Å²) in [4.78, 5) is 33.8. The minimum atomic E-state index is -2.10. The Hall–Kier alpha value is -5.37. The largest absolute Gasteiger partial charge is 0.544 e. The van der Waals surface area contributed by atoms with Crippen molar-refractivity contribution in [3.63, 3.8) is 0 Å². The van der Waals surface area contributed by atoms with Gasteiger partial charge in [0.05, 0.1) is 11.3 Å². The van der Waals surface area contributed by atoms with E-state index in [2.05, 4.69) is 82.5 Å². The lowest BCUT2D eigenvalue weighted by Crippen LogP contribution is -2.43. The average Bonchev–Trinajstić information content (AvgIpc) is 3.67. The van der Waals surface area contributed by atoms with E-state index in [1.807, 2.05) is 84.3 Å². The number of hydrogen-bond acceptors (Lipinski definition) is 5. The fraction of sp³-hybridized carbons (Fsp3) is 0.383. The minimum absolute atomic E-state index is 0.00527. The van der Waals surface area contributed by atoms with Crippen LogP contribution in [-0.4, -0.2) is 46.8 Å². The summed E-state index contributed by atoms with van der Waals surface area (Å²) in [5.41, 5.74) is 11.0. The number of aromatic nitrogens is 2. The molecule has 2 aliphatic rings. The number of anilines is 2. The van der Waals surface area contributed by atoms with Crippen molar-refractivity contribution in [3.8, 4) is 23.1 Å². The molecule has 0 spiro atoms. The zero-order chi connectivity index (χ0) is 41.0. The van der Waals surface area contributed by atoms with Crippen LogP contribution in [0.3, 0.4) is 0 Å². The van der Waals surface area contributed by atoms with Crippen LogP contribution in [0, 0.1) is 25.2 Å². The van der Waals surface area contributed by atoms with Gasteiger partial charge in [0.2, 0.25) is 8.32 Å². The van der Waals surface area contributed by atoms with E-state index in [1.165, 1.54) is 16.7 Å². The smallest absolute Gasteiger partial charge is 0.264 e. The quantitative estimate of drug-likeness (QED) is 0.158. The zero-order valence-corrected chi connectivity index (χ0v) is 36.2. The van der Waals surface area contributed by atoms with E-state index in [4.69, 9.17) is 4.43 Å². The molecule has 2 amide bonds. The average molecular weight is 781 g/mol. The first-order valence-corrected chi connectivity index (χ1v) is 23.1. The lowest BCUT2D eigenvalue weighted by Gasteiger charge is -2.36. The number of nitrogens with one attached hydrogen (secondary N) is 1. The first-order valence-electron chi connectivity index (χ1n) is 20.2. The van der Waals surface area contributed by atoms with Gasteiger partial charge in [0, 0.05) is 66.6 Å². The molecule has 0 saturated carbocycles. The van der Waals surface area contributed by atoms with Gasteiger partial charge in [-0.15, -0.1) is 0 Å². The number of nitriles is 1. The van der Waals surface area contributed by atoms with Crippen molar-refractivity contribution in [1.29, 1.82) is 5.26 Å².